The smallest absolute Gasteiger partial charge is 0.313 e. The number of carbonyl (C=O) groups is 2. The number of nitrogens with zero attached hydrogens (tertiary/aromatic N) is 1. The van der Waals surface area contributed by atoms with E-state index < -0.39 is 21.8 Å². The molecule has 160 valence electrons. The average molecular weight is 470 g/mol. The van der Waals surface area contributed by atoms with Crippen LogP contribution in [0.5, 0.6) is 0 Å². The van der Waals surface area contributed by atoms with Crippen molar-refractivity contribution in [2.75, 3.05) is 18.4 Å². The van der Waals surface area contributed by atoms with Crippen LogP contribution in [0.2, 0.25) is 10.0 Å². The zero-order valence-electron chi connectivity index (χ0n) is 16.0. The first kappa shape index (κ1) is 22.6. The lowest BCUT2D eigenvalue weighted by Gasteiger charge is -2.25. The number of sulfonamides is 1. The lowest BCUT2D eigenvalue weighted by atomic mass is 10.2. The van der Waals surface area contributed by atoms with Crippen LogP contribution in [0.15, 0.2) is 47.4 Å². The number of piperidine rings is 1. The van der Waals surface area contributed by atoms with E-state index in [-0.39, 0.29) is 16.5 Å². The van der Waals surface area contributed by atoms with Crippen molar-refractivity contribution in [1.29, 1.82) is 0 Å². The summed E-state index contributed by atoms with van der Waals surface area (Å²) >= 11 is 11.7. The first-order valence-corrected chi connectivity index (χ1v) is 11.6. The minimum atomic E-state index is -3.50. The molecule has 2 N–H and O–H groups in total. The zero-order chi connectivity index (χ0) is 21.7. The van der Waals surface area contributed by atoms with E-state index in [0.717, 1.165) is 19.3 Å². The van der Waals surface area contributed by atoms with Gasteiger partial charge in [0, 0.05) is 25.3 Å². The van der Waals surface area contributed by atoms with Crippen molar-refractivity contribution in [3.05, 3.63) is 58.1 Å². The molecular weight excluding hydrogens is 449 g/mol. The SMILES string of the molecule is O=C(NCc1ccc(S(=O)(=O)N2CCCCC2)cc1)C(=O)Nc1ccc(Cl)c(Cl)c1. The highest BCUT2D eigenvalue weighted by atomic mass is 35.5. The van der Waals surface area contributed by atoms with E-state index in [1.807, 2.05) is 0 Å². The summed E-state index contributed by atoms with van der Waals surface area (Å²) in [5.41, 5.74) is 1.01. The number of rotatable bonds is 5. The minimum Gasteiger partial charge on any atom is -0.344 e. The molecule has 0 saturated carbocycles. The van der Waals surface area contributed by atoms with Crippen molar-refractivity contribution in [3.63, 3.8) is 0 Å². The molecule has 1 aliphatic rings. The van der Waals surface area contributed by atoms with Crippen molar-refractivity contribution in [3.8, 4) is 0 Å². The molecule has 0 bridgehead atoms. The van der Waals surface area contributed by atoms with Gasteiger partial charge in [-0.05, 0) is 48.7 Å². The molecule has 7 nitrogen and oxygen atoms in total. The van der Waals surface area contributed by atoms with E-state index in [4.69, 9.17) is 23.2 Å². The summed E-state index contributed by atoms with van der Waals surface area (Å²) < 4.78 is 26.8. The Balaban J connectivity index is 1.55. The van der Waals surface area contributed by atoms with Crippen LogP contribution in [0.25, 0.3) is 0 Å². The number of carbonyl (C=O) groups excluding carboxylic acids is 2. The summed E-state index contributed by atoms with van der Waals surface area (Å²) in [6.45, 7) is 1.15. The van der Waals surface area contributed by atoms with E-state index >= 15 is 0 Å². The third-order valence-corrected chi connectivity index (χ3v) is 7.36. The quantitative estimate of drug-likeness (QED) is 0.655. The van der Waals surface area contributed by atoms with Gasteiger partial charge in [0.15, 0.2) is 0 Å². The highest BCUT2D eigenvalue weighted by Crippen LogP contribution is 2.25. The molecule has 30 heavy (non-hydrogen) atoms. The zero-order valence-corrected chi connectivity index (χ0v) is 18.4. The van der Waals surface area contributed by atoms with Crippen LogP contribution in [0.1, 0.15) is 24.8 Å². The van der Waals surface area contributed by atoms with Crippen LogP contribution in [-0.2, 0) is 26.2 Å². The van der Waals surface area contributed by atoms with Gasteiger partial charge in [-0.15, -0.1) is 0 Å². The molecule has 3 rings (SSSR count). The molecule has 1 fully saturated rings. The molecule has 1 aliphatic heterocycles. The van der Waals surface area contributed by atoms with Crippen LogP contribution in [0, 0.1) is 0 Å². The van der Waals surface area contributed by atoms with Crippen molar-refractivity contribution in [2.24, 2.45) is 0 Å². The first-order valence-electron chi connectivity index (χ1n) is 9.41. The molecule has 0 atom stereocenters. The lowest BCUT2D eigenvalue weighted by Crippen LogP contribution is -2.35. The summed E-state index contributed by atoms with van der Waals surface area (Å²) in [5, 5.41) is 5.53. The number of halogens is 2. The van der Waals surface area contributed by atoms with Crippen LogP contribution < -0.4 is 10.6 Å². The Morgan fingerprint density at radius 1 is 0.900 bits per heavy atom. The van der Waals surface area contributed by atoms with E-state index in [2.05, 4.69) is 10.6 Å². The van der Waals surface area contributed by atoms with Crippen molar-refractivity contribution >= 4 is 50.7 Å². The summed E-state index contributed by atoms with van der Waals surface area (Å²) in [7, 11) is -3.50. The van der Waals surface area contributed by atoms with E-state index in [0.29, 0.717) is 29.4 Å². The van der Waals surface area contributed by atoms with Crippen LogP contribution in [-0.4, -0.2) is 37.6 Å². The molecule has 2 amide bonds. The first-order chi connectivity index (χ1) is 14.3. The number of hydrogen-bond acceptors (Lipinski definition) is 4. The maximum Gasteiger partial charge on any atom is 0.313 e. The standard InChI is InChI=1S/C20H21Cl2N3O4S/c21-17-9-6-15(12-18(17)22)24-20(27)19(26)23-13-14-4-7-16(8-5-14)30(28,29)25-10-2-1-3-11-25/h4-9,12H,1-3,10-11,13H2,(H,23,26)(H,24,27). The maximum absolute atomic E-state index is 12.7. The molecule has 0 aromatic heterocycles. The fourth-order valence-electron chi connectivity index (χ4n) is 3.06. The largest absolute Gasteiger partial charge is 0.344 e. The van der Waals surface area contributed by atoms with Gasteiger partial charge < -0.3 is 10.6 Å². The number of amides is 2. The van der Waals surface area contributed by atoms with Crippen LogP contribution in [0.3, 0.4) is 0 Å². The Labute approximate surface area is 185 Å². The summed E-state index contributed by atoms with van der Waals surface area (Å²) in [6.07, 6.45) is 2.78. The molecule has 0 radical (unpaired) electrons. The fourth-order valence-corrected chi connectivity index (χ4v) is 4.87. The van der Waals surface area contributed by atoms with E-state index in [1.165, 1.54) is 34.6 Å². The summed E-state index contributed by atoms with van der Waals surface area (Å²) in [4.78, 5) is 24.2. The Morgan fingerprint density at radius 2 is 1.57 bits per heavy atom. The van der Waals surface area contributed by atoms with Gasteiger partial charge in [0.1, 0.15) is 0 Å². The van der Waals surface area contributed by atoms with Crippen molar-refractivity contribution in [2.45, 2.75) is 30.7 Å². The Kier molecular flexibility index (Phi) is 7.36. The Morgan fingerprint density at radius 3 is 2.20 bits per heavy atom. The van der Waals surface area contributed by atoms with Crippen molar-refractivity contribution < 1.29 is 18.0 Å². The fraction of sp³-hybridized carbons (Fsp3) is 0.300. The minimum absolute atomic E-state index is 0.0810. The van der Waals surface area contributed by atoms with Crippen molar-refractivity contribution in [1.82, 2.24) is 9.62 Å². The monoisotopic (exact) mass is 469 g/mol. The highest BCUT2D eigenvalue weighted by molar-refractivity contribution is 7.89. The predicted octanol–water partition coefficient (Wildman–Crippen LogP) is 3.42. The molecule has 0 unspecified atom stereocenters. The molecule has 1 saturated heterocycles. The lowest BCUT2D eigenvalue weighted by molar-refractivity contribution is -0.136. The third kappa shape index (κ3) is 5.51. The van der Waals surface area contributed by atoms with Crippen LogP contribution >= 0.6 is 23.2 Å². The molecule has 2 aromatic rings. The van der Waals surface area contributed by atoms with Gasteiger partial charge in [-0.25, -0.2) is 8.42 Å². The van der Waals surface area contributed by atoms with Gasteiger partial charge in [-0.1, -0.05) is 41.8 Å². The topological polar surface area (TPSA) is 95.6 Å². The number of hydrogen-bond donors (Lipinski definition) is 2. The second kappa shape index (κ2) is 9.78. The Bertz CT molecular complexity index is 1040. The third-order valence-electron chi connectivity index (χ3n) is 4.71. The average Bonchev–Trinajstić information content (AvgIpc) is 2.75. The molecule has 2 aromatic carbocycles. The Hall–Kier alpha value is -2.13. The van der Waals surface area contributed by atoms with Gasteiger partial charge in [-0.2, -0.15) is 4.31 Å². The van der Waals surface area contributed by atoms with Gasteiger partial charge in [0.05, 0.1) is 14.9 Å². The normalized spacial score (nSPS) is 14.9. The number of anilines is 1. The molecule has 1 heterocycles. The molecular formula is C20H21Cl2N3O4S. The molecule has 0 spiro atoms. The van der Waals surface area contributed by atoms with Gasteiger partial charge in [0.2, 0.25) is 10.0 Å². The highest BCUT2D eigenvalue weighted by Gasteiger charge is 2.25. The summed E-state index contributed by atoms with van der Waals surface area (Å²) in [6, 6.07) is 10.7. The summed E-state index contributed by atoms with van der Waals surface area (Å²) in [5.74, 6) is -1.68. The van der Waals surface area contributed by atoms with Gasteiger partial charge in [0.25, 0.3) is 0 Å². The molecule has 0 aliphatic carbocycles. The van der Waals surface area contributed by atoms with Gasteiger partial charge in [-0.3, -0.25) is 9.59 Å². The van der Waals surface area contributed by atoms with E-state index in [9.17, 15) is 18.0 Å². The number of nitrogens with one attached hydrogen (secondary N) is 2. The molecule has 10 heteroatoms. The van der Waals surface area contributed by atoms with Gasteiger partial charge >= 0.3 is 11.8 Å². The second-order valence-corrected chi connectivity index (χ2v) is 9.63. The maximum atomic E-state index is 12.7. The van der Waals surface area contributed by atoms with E-state index in [1.54, 1.807) is 12.1 Å². The van der Waals surface area contributed by atoms with Crippen LogP contribution in [0.4, 0.5) is 5.69 Å². The second-order valence-electron chi connectivity index (χ2n) is 6.87. The predicted molar refractivity (Wildman–Crippen MR) is 116 cm³/mol. The number of benzene rings is 2.